The molecule has 0 saturated carbocycles. The number of carbonyl (C=O) groups excluding carboxylic acids is 1. The van der Waals surface area contributed by atoms with Crippen LogP contribution < -0.4 is 0 Å². The van der Waals surface area contributed by atoms with Gasteiger partial charge in [0.2, 0.25) is 6.08 Å². The minimum atomic E-state index is -3.33. The third kappa shape index (κ3) is 3.51. The molecule has 0 saturated heterocycles. The van der Waals surface area contributed by atoms with E-state index < -0.39 is 15.7 Å². The lowest BCUT2D eigenvalue weighted by Gasteiger charge is -1.99. The SMILES string of the molecule is O=C=NCS(=O)(=O)Cc1ccccc1. The summed E-state index contributed by atoms with van der Waals surface area (Å²) in [5.41, 5.74) is 0.689. The summed E-state index contributed by atoms with van der Waals surface area (Å²) in [6, 6.07) is 8.74. The molecule has 0 fully saturated rings. The Labute approximate surface area is 82.2 Å². The first-order valence-electron chi connectivity index (χ1n) is 3.92. The van der Waals surface area contributed by atoms with Gasteiger partial charge in [-0.05, 0) is 5.56 Å². The second kappa shape index (κ2) is 4.69. The minimum Gasteiger partial charge on any atom is -0.227 e. The zero-order valence-electron chi connectivity index (χ0n) is 7.38. The summed E-state index contributed by atoms with van der Waals surface area (Å²) in [5.74, 6) is -0.593. The standard InChI is InChI=1S/C9H9NO3S/c11-7-10-8-14(12,13)6-9-4-2-1-3-5-9/h1-5H,6,8H2. The molecule has 0 N–H and O–H groups in total. The minimum absolute atomic E-state index is 0.0982. The third-order valence-corrected chi connectivity index (χ3v) is 2.85. The molecule has 0 spiro atoms. The quantitative estimate of drug-likeness (QED) is 0.549. The highest BCUT2D eigenvalue weighted by Crippen LogP contribution is 2.05. The Morgan fingerprint density at radius 2 is 1.86 bits per heavy atom. The van der Waals surface area contributed by atoms with E-state index in [1.54, 1.807) is 30.3 Å². The third-order valence-electron chi connectivity index (χ3n) is 1.56. The van der Waals surface area contributed by atoms with Gasteiger partial charge < -0.3 is 0 Å². The van der Waals surface area contributed by atoms with Gasteiger partial charge in [-0.15, -0.1) is 0 Å². The van der Waals surface area contributed by atoms with E-state index in [1.807, 2.05) is 0 Å². The molecule has 0 atom stereocenters. The maximum absolute atomic E-state index is 11.3. The van der Waals surface area contributed by atoms with Crippen LogP contribution in [0.2, 0.25) is 0 Å². The molecule has 0 radical (unpaired) electrons. The molecular formula is C9H9NO3S. The maximum Gasteiger partial charge on any atom is 0.235 e. The molecule has 0 heterocycles. The first-order chi connectivity index (χ1) is 6.64. The molecule has 0 bridgehead atoms. The number of hydrogen-bond donors (Lipinski definition) is 0. The van der Waals surface area contributed by atoms with Crippen LogP contribution in [0.4, 0.5) is 0 Å². The Bertz CT molecular complexity index is 432. The van der Waals surface area contributed by atoms with E-state index in [1.165, 1.54) is 6.08 Å². The number of rotatable bonds is 4. The van der Waals surface area contributed by atoms with E-state index in [4.69, 9.17) is 0 Å². The summed E-state index contributed by atoms with van der Waals surface area (Å²) < 4.78 is 22.6. The number of nitrogens with zero attached hydrogens (tertiary/aromatic N) is 1. The van der Waals surface area contributed by atoms with Crippen LogP contribution in [0.25, 0.3) is 0 Å². The Kier molecular flexibility index (Phi) is 3.56. The molecular weight excluding hydrogens is 202 g/mol. The average molecular weight is 211 g/mol. The molecule has 5 heteroatoms. The van der Waals surface area contributed by atoms with Crippen molar-refractivity contribution in [1.82, 2.24) is 0 Å². The highest BCUT2D eigenvalue weighted by atomic mass is 32.2. The lowest BCUT2D eigenvalue weighted by molar-refractivity contribution is 0.562. The lowest BCUT2D eigenvalue weighted by atomic mass is 10.2. The second-order valence-corrected chi connectivity index (χ2v) is 4.79. The van der Waals surface area contributed by atoms with E-state index in [2.05, 4.69) is 4.99 Å². The summed E-state index contributed by atoms with van der Waals surface area (Å²) >= 11 is 0. The van der Waals surface area contributed by atoms with E-state index in [0.717, 1.165) is 0 Å². The number of isocyanates is 1. The number of benzene rings is 1. The smallest absolute Gasteiger partial charge is 0.227 e. The zero-order chi connectivity index (χ0) is 10.4. The van der Waals surface area contributed by atoms with Crippen molar-refractivity contribution in [3.05, 3.63) is 35.9 Å². The van der Waals surface area contributed by atoms with Crippen molar-refractivity contribution in [2.24, 2.45) is 4.99 Å². The summed E-state index contributed by atoms with van der Waals surface area (Å²) in [6.45, 7) is 0. The Hall–Kier alpha value is -1.45. The molecule has 0 unspecified atom stereocenters. The molecule has 0 aliphatic heterocycles. The Morgan fingerprint density at radius 1 is 1.21 bits per heavy atom. The first-order valence-corrected chi connectivity index (χ1v) is 5.74. The Morgan fingerprint density at radius 3 is 2.43 bits per heavy atom. The van der Waals surface area contributed by atoms with Crippen LogP contribution >= 0.6 is 0 Å². The second-order valence-electron chi connectivity index (χ2n) is 2.75. The number of sulfone groups is 1. The summed E-state index contributed by atoms with van der Waals surface area (Å²) in [7, 11) is -3.33. The fraction of sp³-hybridized carbons (Fsp3) is 0.222. The normalized spacial score (nSPS) is 10.6. The van der Waals surface area contributed by atoms with Gasteiger partial charge in [-0.1, -0.05) is 30.3 Å². The van der Waals surface area contributed by atoms with E-state index >= 15 is 0 Å². The van der Waals surface area contributed by atoms with Crippen molar-refractivity contribution in [2.45, 2.75) is 5.75 Å². The van der Waals surface area contributed by atoms with Crippen molar-refractivity contribution in [1.29, 1.82) is 0 Å². The monoisotopic (exact) mass is 211 g/mol. The van der Waals surface area contributed by atoms with Crippen molar-refractivity contribution >= 4 is 15.9 Å². The molecule has 0 amide bonds. The van der Waals surface area contributed by atoms with Gasteiger partial charge in [0.05, 0.1) is 5.75 Å². The summed E-state index contributed by atoms with van der Waals surface area (Å²) in [5, 5.41) is 0. The van der Waals surface area contributed by atoms with Gasteiger partial charge >= 0.3 is 0 Å². The molecule has 14 heavy (non-hydrogen) atoms. The summed E-state index contributed by atoms with van der Waals surface area (Å²) in [6.07, 6.45) is 1.21. The van der Waals surface area contributed by atoms with Crippen LogP contribution in [0.5, 0.6) is 0 Å². The van der Waals surface area contributed by atoms with Gasteiger partial charge in [-0.2, -0.15) is 4.99 Å². The topological polar surface area (TPSA) is 63.6 Å². The van der Waals surface area contributed by atoms with Gasteiger partial charge in [-0.3, -0.25) is 0 Å². The van der Waals surface area contributed by atoms with Gasteiger partial charge in [0.15, 0.2) is 15.7 Å². The highest BCUT2D eigenvalue weighted by Gasteiger charge is 2.10. The van der Waals surface area contributed by atoms with Crippen LogP contribution in [0.3, 0.4) is 0 Å². The maximum atomic E-state index is 11.3. The summed E-state index contributed by atoms with van der Waals surface area (Å²) in [4.78, 5) is 12.8. The number of hydrogen-bond acceptors (Lipinski definition) is 4. The predicted molar refractivity (Wildman–Crippen MR) is 52.1 cm³/mol. The average Bonchev–Trinajstić information content (AvgIpc) is 2.16. The molecule has 1 aromatic carbocycles. The first kappa shape index (κ1) is 10.6. The molecule has 1 aromatic rings. The van der Waals surface area contributed by atoms with E-state index in [-0.39, 0.29) is 5.75 Å². The van der Waals surface area contributed by atoms with Crippen LogP contribution in [-0.2, 0) is 20.4 Å². The van der Waals surface area contributed by atoms with Crippen LogP contribution in [0.15, 0.2) is 35.3 Å². The van der Waals surface area contributed by atoms with Crippen molar-refractivity contribution in [2.75, 3.05) is 5.88 Å². The van der Waals surface area contributed by atoms with Crippen molar-refractivity contribution in [3.8, 4) is 0 Å². The lowest BCUT2D eigenvalue weighted by Crippen LogP contribution is -2.07. The molecule has 0 aliphatic rings. The van der Waals surface area contributed by atoms with Crippen molar-refractivity contribution < 1.29 is 13.2 Å². The van der Waals surface area contributed by atoms with Gasteiger partial charge in [0.25, 0.3) is 0 Å². The number of aliphatic imine (C=N–C) groups is 1. The van der Waals surface area contributed by atoms with Gasteiger partial charge in [0.1, 0.15) is 0 Å². The fourth-order valence-corrected chi connectivity index (χ4v) is 2.04. The molecule has 0 aliphatic carbocycles. The fourth-order valence-electron chi connectivity index (χ4n) is 0.999. The van der Waals surface area contributed by atoms with Crippen LogP contribution in [0.1, 0.15) is 5.56 Å². The van der Waals surface area contributed by atoms with E-state index in [0.29, 0.717) is 5.56 Å². The molecule has 74 valence electrons. The molecule has 4 nitrogen and oxygen atoms in total. The van der Waals surface area contributed by atoms with Crippen LogP contribution in [-0.4, -0.2) is 20.4 Å². The van der Waals surface area contributed by atoms with Crippen molar-refractivity contribution in [3.63, 3.8) is 0 Å². The van der Waals surface area contributed by atoms with E-state index in [9.17, 15) is 13.2 Å². The molecule has 0 aromatic heterocycles. The van der Waals surface area contributed by atoms with Crippen LogP contribution in [0, 0.1) is 0 Å². The van der Waals surface area contributed by atoms with Gasteiger partial charge in [0, 0.05) is 0 Å². The predicted octanol–water partition coefficient (Wildman–Crippen LogP) is 0.895. The highest BCUT2D eigenvalue weighted by molar-refractivity contribution is 7.90. The largest absolute Gasteiger partial charge is 0.235 e. The molecule has 1 rings (SSSR count). The zero-order valence-corrected chi connectivity index (χ0v) is 8.20. The van der Waals surface area contributed by atoms with Gasteiger partial charge in [-0.25, -0.2) is 13.2 Å². The Balaban J connectivity index is 2.74.